The summed E-state index contributed by atoms with van der Waals surface area (Å²) in [6.45, 7) is 1.46. The highest BCUT2D eigenvalue weighted by Gasteiger charge is 2.40. The molecule has 0 amide bonds. The van der Waals surface area contributed by atoms with Crippen LogP contribution in [-0.4, -0.2) is 40.9 Å². The van der Waals surface area contributed by atoms with Crippen molar-refractivity contribution in [1.29, 1.82) is 0 Å². The number of methoxy groups -OCH3 is 1. The predicted octanol–water partition coefficient (Wildman–Crippen LogP) is 3.81. The number of fused-ring (bicyclic) bond motifs is 3. The molecule has 0 spiro atoms. The van der Waals surface area contributed by atoms with Crippen LogP contribution in [0.4, 0.5) is 5.82 Å². The number of anilines is 1. The average molecular weight is 430 g/mol. The molecule has 3 aliphatic rings. The third kappa shape index (κ3) is 3.19. The van der Waals surface area contributed by atoms with Crippen molar-refractivity contribution in [3.05, 3.63) is 48.2 Å². The molecule has 4 heterocycles. The Morgan fingerprint density at radius 1 is 1.06 bits per heavy atom. The molecule has 1 saturated carbocycles. The van der Waals surface area contributed by atoms with E-state index in [2.05, 4.69) is 45.4 Å². The van der Waals surface area contributed by atoms with Crippen LogP contribution in [0.5, 0.6) is 11.8 Å². The van der Waals surface area contributed by atoms with E-state index in [-0.39, 0.29) is 6.04 Å². The Balaban J connectivity index is 1.31. The van der Waals surface area contributed by atoms with Crippen molar-refractivity contribution in [2.75, 3.05) is 18.6 Å². The number of aromatic nitrogens is 3. The minimum atomic E-state index is 0.236. The summed E-state index contributed by atoms with van der Waals surface area (Å²) >= 11 is 0. The van der Waals surface area contributed by atoms with E-state index in [9.17, 15) is 0 Å². The smallest absolute Gasteiger partial charge is 0.233 e. The predicted molar refractivity (Wildman–Crippen MR) is 123 cm³/mol. The van der Waals surface area contributed by atoms with Gasteiger partial charge in [0, 0.05) is 35.8 Å². The van der Waals surface area contributed by atoms with E-state index in [0.717, 1.165) is 46.6 Å². The molecule has 1 saturated heterocycles. The number of nitrogens with two attached hydrogens (primary N) is 1. The van der Waals surface area contributed by atoms with Gasteiger partial charge in [0.1, 0.15) is 12.4 Å². The normalized spacial score (nSPS) is 22.0. The number of pyridine rings is 1. The lowest BCUT2D eigenvalue weighted by Crippen LogP contribution is -2.47. The van der Waals surface area contributed by atoms with Crippen LogP contribution in [0.1, 0.15) is 31.2 Å². The number of benzene rings is 1. The third-order valence-corrected chi connectivity index (χ3v) is 7.21. The molecular weight excluding hydrogens is 402 g/mol. The third-order valence-electron chi connectivity index (χ3n) is 7.21. The van der Waals surface area contributed by atoms with Gasteiger partial charge in [-0.3, -0.25) is 0 Å². The van der Waals surface area contributed by atoms with Gasteiger partial charge in [0.2, 0.25) is 11.8 Å². The minimum Gasteiger partial charge on any atom is -0.480 e. The van der Waals surface area contributed by atoms with Gasteiger partial charge in [-0.05, 0) is 60.1 Å². The molecule has 6 rings (SSSR count). The van der Waals surface area contributed by atoms with Crippen molar-refractivity contribution in [1.82, 2.24) is 15.2 Å². The molecule has 2 aliphatic heterocycles. The molecule has 32 heavy (non-hydrogen) atoms. The Bertz CT molecular complexity index is 1160. The first-order valence-corrected chi connectivity index (χ1v) is 11.4. The van der Waals surface area contributed by atoms with Crippen molar-refractivity contribution in [3.8, 4) is 34.0 Å². The molecule has 164 valence electrons. The Morgan fingerprint density at radius 3 is 2.75 bits per heavy atom. The van der Waals surface area contributed by atoms with Crippen LogP contribution in [0.2, 0.25) is 0 Å². The van der Waals surface area contributed by atoms with Gasteiger partial charge in [0.15, 0.2) is 0 Å². The second kappa shape index (κ2) is 7.74. The molecule has 2 unspecified atom stereocenters. The van der Waals surface area contributed by atoms with E-state index in [0.29, 0.717) is 30.3 Å². The molecule has 7 heteroatoms. The molecule has 3 aromatic rings. The summed E-state index contributed by atoms with van der Waals surface area (Å²) in [5.41, 5.74) is 11.8. The first kappa shape index (κ1) is 19.5. The first-order valence-electron chi connectivity index (χ1n) is 11.4. The Kier molecular flexibility index (Phi) is 4.72. The molecule has 2 N–H and O–H groups in total. The van der Waals surface area contributed by atoms with Gasteiger partial charge < -0.3 is 20.1 Å². The van der Waals surface area contributed by atoms with Gasteiger partial charge in [-0.15, -0.1) is 5.10 Å². The molecular formula is C25H27N5O2. The Labute approximate surface area is 187 Å². The van der Waals surface area contributed by atoms with Gasteiger partial charge in [-0.2, -0.15) is 10.1 Å². The van der Waals surface area contributed by atoms with Crippen LogP contribution in [-0.2, 0) is 6.61 Å². The molecule has 0 bridgehead atoms. The summed E-state index contributed by atoms with van der Waals surface area (Å²) in [4.78, 5) is 7.35. The highest BCUT2D eigenvalue weighted by molar-refractivity contribution is 5.78. The van der Waals surface area contributed by atoms with Gasteiger partial charge in [-0.1, -0.05) is 18.6 Å². The highest BCUT2D eigenvalue weighted by atomic mass is 16.5. The monoisotopic (exact) mass is 429 g/mol. The van der Waals surface area contributed by atoms with Crippen LogP contribution in [0.15, 0.2) is 42.6 Å². The van der Waals surface area contributed by atoms with Crippen molar-refractivity contribution >= 4 is 5.82 Å². The molecule has 2 fully saturated rings. The van der Waals surface area contributed by atoms with E-state index < -0.39 is 0 Å². The van der Waals surface area contributed by atoms with Gasteiger partial charge >= 0.3 is 0 Å². The molecule has 2 aromatic heterocycles. The van der Waals surface area contributed by atoms with E-state index in [1.54, 1.807) is 13.3 Å². The lowest BCUT2D eigenvalue weighted by Gasteiger charge is -2.39. The second-order valence-electron chi connectivity index (χ2n) is 9.00. The molecule has 1 aromatic carbocycles. The summed E-state index contributed by atoms with van der Waals surface area (Å²) in [6.07, 6.45) is 6.66. The summed E-state index contributed by atoms with van der Waals surface area (Å²) in [5.74, 6) is 2.90. The fraction of sp³-hybridized carbons (Fsp3) is 0.400. The fourth-order valence-electron chi connectivity index (χ4n) is 5.30. The lowest BCUT2D eigenvalue weighted by molar-refractivity contribution is 0.247. The summed E-state index contributed by atoms with van der Waals surface area (Å²) < 4.78 is 11.3. The standard InChI is InChI=1S/C25H27N5O2/c1-31-23-12-17(13-27-29-23)16-5-6-19-18(11-16)14-32-25-20(19)7-8-22(28-25)30-10-9-21(26)24(30)15-3-2-4-15/h5-8,11-13,15,21,24H,2-4,9-10,14,26H2,1H3. The second-order valence-corrected chi connectivity index (χ2v) is 9.00. The summed E-state index contributed by atoms with van der Waals surface area (Å²) in [5, 5.41) is 7.99. The van der Waals surface area contributed by atoms with E-state index >= 15 is 0 Å². The zero-order chi connectivity index (χ0) is 21.7. The fourth-order valence-corrected chi connectivity index (χ4v) is 5.30. The molecule has 0 radical (unpaired) electrons. The quantitative estimate of drug-likeness (QED) is 0.675. The van der Waals surface area contributed by atoms with Crippen molar-refractivity contribution in [2.24, 2.45) is 11.7 Å². The molecule has 1 aliphatic carbocycles. The molecule has 2 atom stereocenters. The zero-order valence-electron chi connectivity index (χ0n) is 18.2. The largest absolute Gasteiger partial charge is 0.480 e. The van der Waals surface area contributed by atoms with E-state index in [4.69, 9.17) is 20.2 Å². The van der Waals surface area contributed by atoms with Gasteiger partial charge in [0.05, 0.1) is 13.3 Å². The topological polar surface area (TPSA) is 86.4 Å². The summed E-state index contributed by atoms with van der Waals surface area (Å²) in [6, 6.07) is 13.2. The average Bonchev–Trinajstić information content (AvgIpc) is 3.18. The maximum Gasteiger partial charge on any atom is 0.233 e. The van der Waals surface area contributed by atoms with E-state index in [1.165, 1.54) is 19.3 Å². The molecule has 7 nitrogen and oxygen atoms in total. The lowest BCUT2D eigenvalue weighted by atomic mass is 9.77. The number of rotatable bonds is 4. The van der Waals surface area contributed by atoms with Crippen molar-refractivity contribution < 1.29 is 9.47 Å². The maximum absolute atomic E-state index is 6.48. The van der Waals surface area contributed by atoms with Crippen LogP contribution >= 0.6 is 0 Å². The number of hydrogen-bond donors (Lipinski definition) is 1. The minimum absolute atomic E-state index is 0.236. The maximum atomic E-state index is 6.48. The highest BCUT2D eigenvalue weighted by Crippen LogP contribution is 2.42. The number of ether oxygens (including phenoxy) is 2. The van der Waals surface area contributed by atoms with Crippen molar-refractivity contribution in [3.63, 3.8) is 0 Å². The van der Waals surface area contributed by atoms with Crippen LogP contribution in [0.25, 0.3) is 22.3 Å². The first-order chi connectivity index (χ1) is 15.7. The Hall–Kier alpha value is -3.19. The van der Waals surface area contributed by atoms with Gasteiger partial charge in [-0.25, -0.2) is 0 Å². The van der Waals surface area contributed by atoms with Crippen LogP contribution < -0.4 is 20.1 Å². The number of nitrogens with zero attached hydrogens (tertiary/aromatic N) is 4. The van der Waals surface area contributed by atoms with Crippen LogP contribution in [0, 0.1) is 5.92 Å². The summed E-state index contributed by atoms with van der Waals surface area (Å²) in [7, 11) is 1.59. The zero-order valence-corrected chi connectivity index (χ0v) is 18.2. The van der Waals surface area contributed by atoms with E-state index in [1.807, 2.05) is 6.07 Å². The number of hydrogen-bond acceptors (Lipinski definition) is 7. The van der Waals surface area contributed by atoms with Crippen LogP contribution in [0.3, 0.4) is 0 Å². The van der Waals surface area contributed by atoms with Gasteiger partial charge in [0.25, 0.3) is 0 Å². The Morgan fingerprint density at radius 2 is 1.94 bits per heavy atom. The van der Waals surface area contributed by atoms with Crippen molar-refractivity contribution in [2.45, 2.75) is 44.4 Å². The SMILES string of the molecule is COc1cc(-c2ccc3c(c2)COc2nc(N4CCC(N)C4C4CCC4)ccc2-3)cnn1.